The van der Waals surface area contributed by atoms with Crippen molar-refractivity contribution in [3.8, 4) is 0 Å². The Bertz CT molecular complexity index is 126. The molecule has 0 aliphatic heterocycles. The lowest BCUT2D eigenvalue weighted by molar-refractivity contribution is 0.404. The Kier molecular flexibility index (Phi) is 2.21. The first kappa shape index (κ1) is 6.87. The van der Waals surface area contributed by atoms with E-state index in [1.807, 2.05) is 0 Å². The maximum absolute atomic E-state index is 9.52. The lowest BCUT2D eigenvalue weighted by Crippen LogP contribution is -2.20. The summed E-state index contributed by atoms with van der Waals surface area (Å²) in [6.07, 6.45) is 0. The Morgan fingerprint density at radius 3 is 2.00 bits per heavy atom. The van der Waals surface area contributed by atoms with Gasteiger partial charge in [0.05, 0.1) is 0 Å². The van der Waals surface area contributed by atoms with E-state index in [1.54, 1.807) is 4.72 Å². The lowest BCUT2D eigenvalue weighted by atomic mass is 10.8. The lowest BCUT2D eigenvalue weighted by Gasteiger charge is -1.87. The van der Waals surface area contributed by atoms with Crippen LogP contribution in [0.5, 0.6) is 0 Å². The Labute approximate surface area is 42.4 Å². The number of hydrogen-bond acceptors (Lipinski definition) is 2. The second-order valence-electron chi connectivity index (χ2n) is 0.848. The van der Waals surface area contributed by atoms with Crippen molar-refractivity contribution >= 4 is 10.3 Å². The van der Waals surface area contributed by atoms with Gasteiger partial charge in [-0.2, -0.15) is 13.1 Å². The first-order valence-corrected chi connectivity index (χ1v) is 2.97. The van der Waals surface area contributed by atoms with Crippen LogP contribution in [0.2, 0.25) is 0 Å². The first-order valence-electron chi connectivity index (χ1n) is 1.56. The molecule has 0 saturated carbocycles. The number of rotatable bonds is 2. The smallest absolute Gasteiger partial charge is 0.190 e. The Morgan fingerprint density at radius 1 is 1.57 bits per heavy atom. The molecule has 2 radical (unpaired) electrons. The highest BCUT2D eigenvalue weighted by atomic mass is 32.2. The van der Waals surface area contributed by atoms with Crippen molar-refractivity contribution in [2.45, 2.75) is 0 Å². The van der Waals surface area contributed by atoms with E-state index in [1.165, 1.54) is 0 Å². The van der Waals surface area contributed by atoms with Crippen LogP contribution in [-0.4, -0.2) is 15.0 Å². The fraction of sp³-hybridized carbons (Fsp3) is 0.500. The van der Waals surface area contributed by atoms with E-state index in [4.69, 9.17) is 0 Å². The highest BCUT2D eigenvalue weighted by Gasteiger charge is 1.98. The van der Waals surface area contributed by atoms with E-state index in [2.05, 4.69) is 6.92 Å². The third kappa shape index (κ3) is 5.87. The molecule has 0 aromatic heterocycles. The molecule has 7 heavy (non-hydrogen) atoms. The minimum absolute atomic E-state index is 0.0914. The van der Waals surface area contributed by atoms with Crippen molar-refractivity contribution in [3.63, 3.8) is 0 Å². The molecule has 0 aliphatic carbocycles. The molecule has 0 atom stereocenters. The molecule has 0 saturated heterocycles. The summed E-state index contributed by atoms with van der Waals surface area (Å²) >= 11 is 0. The second-order valence-corrected chi connectivity index (χ2v) is 2.05. The number of hydrogen-bond donors (Lipinski definition) is 1. The van der Waals surface area contributed by atoms with Crippen molar-refractivity contribution in [2.75, 3.05) is 6.54 Å². The van der Waals surface area contributed by atoms with Gasteiger partial charge >= 0.3 is 10.3 Å². The van der Waals surface area contributed by atoms with Gasteiger partial charge < -0.3 is 0 Å². The Balaban J connectivity index is 3.60. The van der Waals surface area contributed by atoms with Gasteiger partial charge in [-0.1, -0.05) is 4.55 Å². The SMILES string of the molecule is [CH2]CNS([O])(=O)=O. The van der Waals surface area contributed by atoms with Gasteiger partial charge in [0, 0.05) is 6.54 Å². The zero-order valence-corrected chi connectivity index (χ0v) is 4.36. The molecule has 4 nitrogen and oxygen atoms in total. The molecule has 0 aromatic carbocycles. The van der Waals surface area contributed by atoms with Gasteiger partial charge in [0.1, 0.15) is 0 Å². The third-order valence-electron chi connectivity index (χ3n) is 0.279. The van der Waals surface area contributed by atoms with Crippen LogP contribution in [0.3, 0.4) is 0 Å². The summed E-state index contributed by atoms with van der Waals surface area (Å²) in [5.74, 6) is 0. The minimum atomic E-state index is -4.24. The zero-order valence-electron chi connectivity index (χ0n) is 3.55. The maximum Gasteiger partial charge on any atom is 0.363 e. The number of nitrogens with one attached hydrogen (secondary N) is 1. The molecule has 0 aliphatic rings. The summed E-state index contributed by atoms with van der Waals surface area (Å²) in [5.41, 5.74) is 0. The molecule has 0 spiro atoms. The molecule has 0 unspecified atom stereocenters. The molecule has 0 amide bonds. The van der Waals surface area contributed by atoms with Gasteiger partial charge in [-0.25, -0.2) is 0 Å². The van der Waals surface area contributed by atoms with Crippen LogP contribution < -0.4 is 4.72 Å². The summed E-state index contributed by atoms with van der Waals surface area (Å²) in [6, 6.07) is 0. The summed E-state index contributed by atoms with van der Waals surface area (Å²) in [5, 5.41) is 0. The Hall–Kier alpha value is -0.130. The molecular weight excluding hydrogens is 118 g/mol. The zero-order chi connectivity index (χ0) is 5.91. The fourth-order valence-electron chi connectivity index (χ4n) is 0.125. The van der Waals surface area contributed by atoms with E-state index in [0.29, 0.717) is 0 Å². The van der Waals surface area contributed by atoms with Crippen LogP contribution in [0.25, 0.3) is 0 Å². The first-order chi connectivity index (χ1) is 3.06. The minimum Gasteiger partial charge on any atom is -0.190 e. The van der Waals surface area contributed by atoms with Gasteiger partial charge in [-0.3, -0.25) is 0 Å². The average Bonchev–Trinajstić information content (AvgIpc) is 1.30. The third-order valence-corrected chi connectivity index (χ3v) is 0.837. The van der Waals surface area contributed by atoms with Gasteiger partial charge in [-0.05, 0) is 6.92 Å². The predicted octanol–water partition coefficient (Wildman–Crippen LogP) is -0.915. The molecule has 0 fully saturated rings. The van der Waals surface area contributed by atoms with E-state index in [9.17, 15) is 13.0 Å². The molecule has 0 bridgehead atoms. The van der Waals surface area contributed by atoms with E-state index in [0.717, 1.165) is 0 Å². The van der Waals surface area contributed by atoms with Crippen LogP contribution in [0.15, 0.2) is 0 Å². The Morgan fingerprint density at radius 2 is 2.00 bits per heavy atom. The van der Waals surface area contributed by atoms with Crippen LogP contribution in [0, 0.1) is 6.92 Å². The van der Waals surface area contributed by atoms with Crippen molar-refractivity contribution in [2.24, 2.45) is 0 Å². The van der Waals surface area contributed by atoms with Gasteiger partial charge in [0.25, 0.3) is 0 Å². The van der Waals surface area contributed by atoms with Crippen molar-refractivity contribution in [1.82, 2.24) is 4.72 Å². The highest BCUT2D eigenvalue weighted by molar-refractivity contribution is 7.83. The molecule has 0 rings (SSSR count). The summed E-state index contributed by atoms with van der Waals surface area (Å²) in [7, 11) is -4.24. The van der Waals surface area contributed by atoms with E-state index >= 15 is 0 Å². The summed E-state index contributed by atoms with van der Waals surface area (Å²) in [6.45, 7) is 2.99. The van der Waals surface area contributed by atoms with E-state index < -0.39 is 10.3 Å². The largest absolute Gasteiger partial charge is 0.363 e. The van der Waals surface area contributed by atoms with Crippen molar-refractivity contribution in [3.05, 3.63) is 6.92 Å². The maximum atomic E-state index is 9.52. The quantitative estimate of drug-likeness (QED) is 0.516. The van der Waals surface area contributed by atoms with Gasteiger partial charge in [0.15, 0.2) is 0 Å². The molecular formula is C2H5NO3S. The molecule has 1 N–H and O–H groups in total. The van der Waals surface area contributed by atoms with Gasteiger partial charge in [-0.15, -0.1) is 0 Å². The van der Waals surface area contributed by atoms with Crippen LogP contribution in [-0.2, 0) is 14.9 Å². The second kappa shape index (κ2) is 2.25. The molecule has 0 heterocycles. The monoisotopic (exact) mass is 123 g/mol. The summed E-state index contributed by atoms with van der Waals surface area (Å²) in [4.78, 5) is 0. The predicted molar refractivity (Wildman–Crippen MR) is 23.0 cm³/mol. The van der Waals surface area contributed by atoms with Crippen LogP contribution in [0.4, 0.5) is 0 Å². The summed E-state index contributed by atoms with van der Waals surface area (Å²) < 4.78 is 30.2. The van der Waals surface area contributed by atoms with Crippen LogP contribution in [0.1, 0.15) is 0 Å². The van der Waals surface area contributed by atoms with Gasteiger partial charge in [0.2, 0.25) is 0 Å². The highest BCUT2D eigenvalue weighted by Crippen LogP contribution is 1.68. The van der Waals surface area contributed by atoms with Crippen LogP contribution >= 0.6 is 0 Å². The fourth-order valence-corrected chi connectivity index (χ4v) is 0.375. The topological polar surface area (TPSA) is 66.1 Å². The van der Waals surface area contributed by atoms with Crippen molar-refractivity contribution in [1.29, 1.82) is 0 Å². The normalized spacial score (nSPS) is 11.7. The average molecular weight is 123 g/mol. The standard InChI is InChI=1S/C2H5NO3S/c1-2-3-7(4,5)6/h3H,1-2H2. The molecule has 42 valence electrons. The molecule has 5 heteroatoms. The molecule has 0 aromatic rings. The van der Waals surface area contributed by atoms with E-state index in [-0.39, 0.29) is 6.54 Å². The van der Waals surface area contributed by atoms with Crippen molar-refractivity contribution < 1.29 is 13.0 Å².